The van der Waals surface area contributed by atoms with Crippen molar-refractivity contribution in [1.82, 2.24) is 9.47 Å². The third kappa shape index (κ3) is 7.16. The third-order valence-corrected chi connectivity index (χ3v) is 6.02. The van der Waals surface area contributed by atoms with Gasteiger partial charge in [-0.2, -0.15) is 10.5 Å². The molecule has 2 aromatic carbocycles. The van der Waals surface area contributed by atoms with Crippen molar-refractivity contribution >= 4 is 5.84 Å². The number of nitrogens with zero attached hydrogens (tertiary/aromatic N) is 6. The predicted molar refractivity (Wildman–Crippen MR) is 139 cm³/mol. The molecule has 0 saturated heterocycles. The molecule has 0 saturated carbocycles. The highest BCUT2D eigenvalue weighted by atomic mass is 15.2. The van der Waals surface area contributed by atoms with Gasteiger partial charge in [-0.3, -0.25) is 4.99 Å². The number of rotatable bonds is 10. The molecular formula is C29H33N6+. The van der Waals surface area contributed by atoms with Crippen molar-refractivity contribution in [3.63, 3.8) is 0 Å². The fraction of sp³-hybridized carbons (Fsp3) is 0.310. The minimum Gasteiger partial charge on any atom is -0.336 e. The van der Waals surface area contributed by atoms with Crippen molar-refractivity contribution in [3.8, 4) is 23.3 Å². The zero-order chi connectivity index (χ0) is 25.0. The Morgan fingerprint density at radius 1 is 1.00 bits per heavy atom. The highest BCUT2D eigenvalue weighted by molar-refractivity contribution is 5.80. The van der Waals surface area contributed by atoms with E-state index in [2.05, 4.69) is 82.9 Å². The lowest BCUT2D eigenvalue weighted by molar-refractivity contribution is -0.694. The number of imidazole rings is 1. The topological polar surface area (TPSA) is 72.0 Å². The summed E-state index contributed by atoms with van der Waals surface area (Å²) >= 11 is 0. The van der Waals surface area contributed by atoms with Gasteiger partial charge >= 0.3 is 0 Å². The van der Waals surface area contributed by atoms with Gasteiger partial charge in [0.2, 0.25) is 0 Å². The molecule has 3 rings (SSSR count). The lowest BCUT2D eigenvalue weighted by Crippen LogP contribution is -2.36. The maximum atomic E-state index is 8.86. The largest absolute Gasteiger partial charge is 0.336 e. The number of aliphatic imine (C=N–C) groups is 1. The molecular weight excluding hydrogens is 432 g/mol. The van der Waals surface area contributed by atoms with E-state index in [1.165, 1.54) is 16.7 Å². The van der Waals surface area contributed by atoms with Gasteiger partial charge in [0.05, 0.1) is 31.5 Å². The second-order valence-corrected chi connectivity index (χ2v) is 8.42. The average molecular weight is 466 g/mol. The molecule has 0 fully saturated rings. The fourth-order valence-corrected chi connectivity index (χ4v) is 3.91. The molecule has 0 spiro atoms. The van der Waals surface area contributed by atoms with Gasteiger partial charge in [0.25, 0.3) is 5.82 Å². The first-order valence-electron chi connectivity index (χ1n) is 11.9. The summed E-state index contributed by atoms with van der Waals surface area (Å²) in [6, 6.07) is 21.6. The second-order valence-electron chi connectivity index (χ2n) is 8.42. The van der Waals surface area contributed by atoms with Crippen LogP contribution in [0.5, 0.6) is 0 Å². The Balaban J connectivity index is 1.62. The molecule has 178 valence electrons. The summed E-state index contributed by atoms with van der Waals surface area (Å²) in [6.45, 7) is 8.82. The highest BCUT2D eigenvalue weighted by Crippen LogP contribution is 2.21. The Bertz CT molecular complexity index is 1230. The van der Waals surface area contributed by atoms with E-state index in [1.807, 2.05) is 37.2 Å². The third-order valence-electron chi connectivity index (χ3n) is 6.02. The summed E-state index contributed by atoms with van der Waals surface area (Å²) in [6.07, 6.45) is 9.03. The number of hydrogen-bond donors (Lipinski definition) is 0. The van der Waals surface area contributed by atoms with Crippen molar-refractivity contribution in [3.05, 3.63) is 90.2 Å². The van der Waals surface area contributed by atoms with Gasteiger partial charge in [0.1, 0.15) is 31.3 Å². The zero-order valence-electron chi connectivity index (χ0n) is 20.9. The van der Waals surface area contributed by atoms with Crippen LogP contribution in [-0.2, 0) is 19.6 Å². The maximum Gasteiger partial charge on any atom is 0.253 e. The Morgan fingerprint density at radius 3 is 2.23 bits per heavy atom. The van der Waals surface area contributed by atoms with Crippen LogP contribution >= 0.6 is 0 Å². The number of aryl methyl sites for hydroxylation is 1. The van der Waals surface area contributed by atoms with Crippen molar-refractivity contribution in [2.24, 2.45) is 4.99 Å². The normalized spacial score (nSPS) is 11.4. The smallest absolute Gasteiger partial charge is 0.253 e. The molecule has 0 bridgehead atoms. The molecule has 0 aliphatic heterocycles. The molecule has 0 N–H and O–H groups in total. The van der Waals surface area contributed by atoms with Crippen LogP contribution in [0.25, 0.3) is 11.1 Å². The summed E-state index contributed by atoms with van der Waals surface area (Å²) in [4.78, 5) is 6.72. The standard InChI is InChI=1S/C29H33N6/c1-4-17-33(18-5-15-30)24(2)32-22-26-7-11-28(12-8-26)29-13-9-27(10-14-29)23-35-21-20-34(25(35)3)19-6-16-31/h4,7-14,17,20-21H,5-6,18-19,22-23H2,1-3H3/q+1/b17-4-,32-24?. The second kappa shape index (κ2) is 12.9. The summed E-state index contributed by atoms with van der Waals surface area (Å²) in [5, 5.41) is 17.7. The Labute approximate surface area is 208 Å². The number of benzene rings is 2. The molecule has 1 aromatic heterocycles. The zero-order valence-corrected chi connectivity index (χ0v) is 20.9. The van der Waals surface area contributed by atoms with Crippen molar-refractivity contribution in [2.45, 2.75) is 53.2 Å². The number of amidine groups is 1. The number of allylic oxidation sites excluding steroid dienone is 1. The molecule has 6 nitrogen and oxygen atoms in total. The molecule has 0 radical (unpaired) electrons. The summed E-state index contributed by atoms with van der Waals surface area (Å²) < 4.78 is 4.33. The van der Waals surface area contributed by atoms with Crippen LogP contribution in [0.3, 0.4) is 0 Å². The molecule has 1 heterocycles. The Morgan fingerprint density at radius 2 is 1.63 bits per heavy atom. The van der Waals surface area contributed by atoms with Crippen LogP contribution in [-0.4, -0.2) is 21.8 Å². The quantitative estimate of drug-likeness (QED) is 0.229. The van der Waals surface area contributed by atoms with E-state index in [0.717, 1.165) is 30.3 Å². The lowest BCUT2D eigenvalue weighted by atomic mass is 10.0. The van der Waals surface area contributed by atoms with Gasteiger partial charge in [0, 0.05) is 19.7 Å². The molecule has 0 unspecified atom stereocenters. The van der Waals surface area contributed by atoms with Gasteiger partial charge in [-0.1, -0.05) is 54.6 Å². The monoisotopic (exact) mass is 465 g/mol. The molecule has 0 aliphatic carbocycles. The van der Waals surface area contributed by atoms with E-state index in [-0.39, 0.29) is 0 Å². The number of nitriles is 2. The SMILES string of the molecule is C/C=C\N(CCC#N)C(C)=NCc1ccc(-c2ccc(C[n+]3ccn(CCC#N)c3C)cc2)cc1. The van der Waals surface area contributed by atoms with Crippen molar-refractivity contribution < 1.29 is 4.57 Å². The van der Waals surface area contributed by atoms with Gasteiger partial charge in [0.15, 0.2) is 0 Å². The van der Waals surface area contributed by atoms with E-state index < -0.39 is 0 Å². The first kappa shape index (κ1) is 25.5. The minimum absolute atomic E-state index is 0.470. The fourth-order valence-electron chi connectivity index (χ4n) is 3.91. The van der Waals surface area contributed by atoms with E-state index in [1.54, 1.807) is 0 Å². The molecule has 35 heavy (non-hydrogen) atoms. The predicted octanol–water partition coefficient (Wildman–Crippen LogP) is 5.38. The van der Waals surface area contributed by atoms with E-state index in [4.69, 9.17) is 15.5 Å². The summed E-state index contributed by atoms with van der Waals surface area (Å²) in [5.74, 6) is 2.06. The van der Waals surface area contributed by atoms with Crippen LogP contribution in [0.4, 0.5) is 0 Å². The molecule has 3 aromatic rings. The van der Waals surface area contributed by atoms with Gasteiger partial charge < -0.3 is 4.90 Å². The van der Waals surface area contributed by atoms with E-state index in [0.29, 0.717) is 25.9 Å². The van der Waals surface area contributed by atoms with E-state index in [9.17, 15) is 0 Å². The molecule has 0 amide bonds. The van der Waals surface area contributed by atoms with Crippen LogP contribution < -0.4 is 4.57 Å². The molecule has 6 heteroatoms. The van der Waals surface area contributed by atoms with Crippen LogP contribution in [0.2, 0.25) is 0 Å². The van der Waals surface area contributed by atoms with Crippen LogP contribution in [0.15, 0.2) is 78.2 Å². The number of hydrogen-bond acceptors (Lipinski definition) is 3. The average Bonchev–Trinajstić information content (AvgIpc) is 3.23. The highest BCUT2D eigenvalue weighted by Gasteiger charge is 2.12. The van der Waals surface area contributed by atoms with Crippen LogP contribution in [0.1, 0.15) is 43.6 Å². The molecule has 0 aliphatic rings. The summed E-state index contributed by atoms with van der Waals surface area (Å²) in [5.41, 5.74) is 4.75. The first-order valence-corrected chi connectivity index (χ1v) is 11.9. The van der Waals surface area contributed by atoms with Gasteiger partial charge in [-0.05, 0) is 36.1 Å². The Kier molecular flexibility index (Phi) is 9.39. The Hall–Kier alpha value is -4.16. The van der Waals surface area contributed by atoms with Crippen molar-refractivity contribution in [1.29, 1.82) is 10.5 Å². The van der Waals surface area contributed by atoms with E-state index >= 15 is 0 Å². The van der Waals surface area contributed by atoms with Crippen LogP contribution in [0, 0.1) is 29.6 Å². The lowest BCUT2D eigenvalue weighted by Gasteiger charge is -2.18. The number of aromatic nitrogens is 2. The van der Waals surface area contributed by atoms with Gasteiger partial charge in [-0.25, -0.2) is 9.13 Å². The minimum atomic E-state index is 0.470. The maximum absolute atomic E-state index is 8.86. The summed E-state index contributed by atoms with van der Waals surface area (Å²) in [7, 11) is 0. The first-order chi connectivity index (χ1) is 17.0. The van der Waals surface area contributed by atoms with Gasteiger partial charge in [-0.15, -0.1) is 0 Å². The molecule has 0 atom stereocenters. The van der Waals surface area contributed by atoms with Crippen molar-refractivity contribution in [2.75, 3.05) is 6.54 Å².